The highest BCUT2D eigenvalue weighted by molar-refractivity contribution is 6.15. The van der Waals surface area contributed by atoms with Gasteiger partial charge in [0.05, 0.1) is 37.0 Å². The number of benzene rings is 1. The lowest BCUT2D eigenvalue weighted by atomic mass is 10.1. The maximum absolute atomic E-state index is 13.1. The van der Waals surface area contributed by atoms with Crippen LogP contribution in [0.4, 0.5) is 11.5 Å². The summed E-state index contributed by atoms with van der Waals surface area (Å²) in [7, 11) is 1.56. The third-order valence-corrected chi connectivity index (χ3v) is 4.54. The molecule has 8 heteroatoms. The van der Waals surface area contributed by atoms with E-state index in [1.54, 1.807) is 26.2 Å². The molecule has 1 saturated heterocycles. The second-order valence-corrected chi connectivity index (χ2v) is 6.16. The van der Waals surface area contributed by atoms with Crippen LogP contribution in [-0.2, 0) is 4.74 Å². The molecule has 1 aromatic carbocycles. The van der Waals surface area contributed by atoms with Gasteiger partial charge in [0.15, 0.2) is 0 Å². The lowest BCUT2D eigenvalue weighted by Crippen LogP contribution is -2.37. The number of hydrogen-bond acceptors (Lipinski definition) is 7. The Kier molecular flexibility index (Phi) is 4.64. The Balaban J connectivity index is 1.76. The zero-order chi connectivity index (χ0) is 18.8. The number of aromatic nitrogens is 2. The van der Waals surface area contributed by atoms with Crippen LogP contribution in [0.3, 0.4) is 0 Å². The fraction of sp³-hybridized carbons (Fsp3) is 0.316. The molecule has 3 aromatic rings. The largest absolute Gasteiger partial charge is 0.495 e. The monoisotopic (exact) mass is 368 g/mol. The van der Waals surface area contributed by atoms with Crippen molar-refractivity contribution < 1.29 is 18.7 Å². The van der Waals surface area contributed by atoms with Gasteiger partial charge in [-0.2, -0.15) is 0 Å². The minimum atomic E-state index is -0.292. The number of nitrogens with one attached hydrogen (secondary N) is 1. The molecule has 0 spiro atoms. The number of para-hydroxylation sites is 2. The van der Waals surface area contributed by atoms with Gasteiger partial charge in [0.1, 0.15) is 23.7 Å². The van der Waals surface area contributed by atoms with Crippen LogP contribution in [0.25, 0.3) is 11.1 Å². The SMILES string of the molecule is COc1ccccc1NC(=O)c1c(C)oc2ncnc(N3CCOCC3)c12. The molecule has 0 aliphatic carbocycles. The van der Waals surface area contributed by atoms with E-state index < -0.39 is 0 Å². The van der Waals surface area contributed by atoms with Crippen molar-refractivity contribution in [2.75, 3.05) is 43.6 Å². The molecular formula is C19H20N4O4. The van der Waals surface area contributed by atoms with E-state index in [1.807, 2.05) is 12.1 Å². The molecule has 8 nitrogen and oxygen atoms in total. The molecule has 0 saturated carbocycles. The molecule has 1 aliphatic rings. The number of ether oxygens (including phenoxy) is 2. The van der Waals surface area contributed by atoms with Gasteiger partial charge in [-0.25, -0.2) is 9.97 Å². The fourth-order valence-electron chi connectivity index (χ4n) is 3.25. The summed E-state index contributed by atoms with van der Waals surface area (Å²) in [4.78, 5) is 23.8. The second-order valence-electron chi connectivity index (χ2n) is 6.16. The Hall–Kier alpha value is -3.13. The van der Waals surface area contributed by atoms with Crippen LogP contribution in [0.2, 0.25) is 0 Å². The zero-order valence-corrected chi connectivity index (χ0v) is 15.2. The van der Waals surface area contributed by atoms with Crippen molar-refractivity contribution in [3.8, 4) is 5.75 Å². The van der Waals surface area contributed by atoms with Crippen molar-refractivity contribution in [1.82, 2.24) is 9.97 Å². The summed E-state index contributed by atoms with van der Waals surface area (Å²) in [6, 6.07) is 7.25. The minimum absolute atomic E-state index is 0.292. The van der Waals surface area contributed by atoms with Crippen LogP contribution >= 0.6 is 0 Å². The Bertz CT molecular complexity index is 979. The molecule has 1 amide bonds. The Labute approximate surface area is 156 Å². The first-order valence-electron chi connectivity index (χ1n) is 8.70. The van der Waals surface area contributed by atoms with Crippen molar-refractivity contribution in [3.63, 3.8) is 0 Å². The van der Waals surface area contributed by atoms with Crippen molar-refractivity contribution in [2.24, 2.45) is 0 Å². The molecule has 0 unspecified atom stereocenters. The summed E-state index contributed by atoms with van der Waals surface area (Å²) >= 11 is 0. The van der Waals surface area contributed by atoms with Crippen LogP contribution in [0, 0.1) is 6.92 Å². The van der Waals surface area contributed by atoms with Crippen molar-refractivity contribution in [3.05, 3.63) is 41.9 Å². The highest BCUT2D eigenvalue weighted by atomic mass is 16.5. The molecule has 3 heterocycles. The average molecular weight is 368 g/mol. The molecule has 0 atom stereocenters. The highest BCUT2D eigenvalue weighted by Gasteiger charge is 2.26. The topological polar surface area (TPSA) is 89.7 Å². The number of nitrogens with zero attached hydrogens (tertiary/aromatic N) is 3. The number of fused-ring (bicyclic) bond motifs is 1. The van der Waals surface area contributed by atoms with E-state index >= 15 is 0 Å². The molecule has 0 radical (unpaired) electrons. The maximum atomic E-state index is 13.1. The van der Waals surface area contributed by atoms with Crippen LogP contribution < -0.4 is 15.0 Å². The summed E-state index contributed by atoms with van der Waals surface area (Å²) in [5.74, 6) is 1.47. The molecule has 27 heavy (non-hydrogen) atoms. The molecule has 1 fully saturated rings. The Morgan fingerprint density at radius 2 is 2.00 bits per heavy atom. The number of furan rings is 1. The van der Waals surface area contributed by atoms with Crippen molar-refractivity contribution in [1.29, 1.82) is 0 Å². The molecule has 1 N–H and O–H groups in total. The number of aryl methyl sites for hydroxylation is 1. The first-order chi connectivity index (χ1) is 13.2. The summed E-state index contributed by atoms with van der Waals surface area (Å²) in [6.07, 6.45) is 1.46. The third kappa shape index (κ3) is 3.19. The fourth-order valence-corrected chi connectivity index (χ4v) is 3.25. The number of rotatable bonds is 4. The summed E-state index contributed by atoms with van der Waals surface area (Å²) < 4.78 is 16.5. The number of carbonyl (C=O) groups excluding carboxylic acids is 1. The molecule has 0 bridgehead atoms. The maximum Gasteiger partial charge on any atom is 0.260 e. The number of methoxy groups -OCH3 is 1. The number of morpholine rings is 1. The third-order valence-electron chi connectivity index (χ3n) is 4.54. The number of amides is 1. The molecular weight excluding hydrogens is 348 g/mol. The van der Waals surface area contributed by atoms with Crippen LogP contribution in [-0.4, -0.2) is 49.3 Å². The van der Waals surface area contributed by atoms with Gasteiger partial charge in [-0.1, -0.05) is 12.1 Å². The van der Waals surface area contributed by atoms with Crippen LogP contribution in [0.1, 0.15) is 16.1 Å². The first kappa shape index (κ1) is 17.3. The van der Waals surface area contributed by atoms with E-state index in [0.29, 0.717) is 66.0 Å². The lowest BCUT2D eigenvalue weighted by Gasteiger charge is -2.28. The van der Waals surface area contributed by atoms with E-state index in [0.717, 1.165) is 0 Å². The quantitative estimate of drug-likeness (QED) is 0.757. The number of carbonyl (C=O) groups is 1. The second kappa shape index (κ2) is 7.24. The van der Waals surface area contributed by atoms with E-state index in [-0.39, 0.29) is 5.91 Å². The predicted octanol–water partition coefficient (Wildman–Crippen LogP) is 2.63. The van der Waals surface area contributed by atoms with Gasteiger partial charge in [-0.3, -0.25) is 4.79 Å². The zero-order valence-electron chi connectivity index (χ0n) is 15.2. The summed E-state index contributed by atoms with van der Waals surface area (Å²) in [5.41, 5.74) is 1.41. The van der Waals surface area contributed by atoms with E-state index in [9.17, 15) is 4.79 Å². The molecule has 4 rings (SSSR count). The lowest BCUT2D eigenvalue weighted by molar-refractivity contribution is 0.102. The molecule has 2 aromatic heterocycles. The normalized spacial score (nSPS) is 14.4. The minimum Gasteiger partial charge on any atom is -0.495 e. The van der Waals surface area contributed by atoms with Gasteiger partial charge in [-0.15, -0.1) is 0 Å². The van der Waals surface area contributed by atoms with E-state index in [1.165, 1.54) is 6.33 Å². The van der Waals surface area contributed by atoms with Gasteiger partial charge >= 0.3 is 0 Å². The van der Waals surface area contributed by atoms with Gasteiger partial charge < -0.3 is 24.1 Å². The summed E-state index contributed by atoms with van der Waals surface area (Å²) in [5, 5.41) is 3.52. The number of hydrogen-bond donors (Lipinski definition) is 1. The average Bonchev–Trinajstić information content (AvgIpc) is 3.05. The van der Waals surface area contributed by atoms with Gasteiger partial charge in [0, 0.05) is 13.1 Å². The standard InChI is InChI=1S/C19H20N4O4/c1-12-15(18(24)22-13-5-3-4-6-14(13)25-2)16-17(20-11-21-19(16)27-12)23-7-9-26-10-8-23/h3-6,11H,7-10H2,1-2H3,(H,22,24). The Morgan fingerprint density at radius 3 is 2.78 bits per heavy atom. The summed E-state index contributed by atoms with van der Waals surface area (Å²) in [6.45, 7) is 4.38. The van der Waals surface area contributed by atoms with Gasteiger partial charge in [-0.05, 0) is 19.1 Å². The number of anilines is 2. The first-order valence-corrected chi connectivity index (χ1v) is 8.70. The smallest absolute Gasteiger partial charge is 0.260 e. The van der Waals surface area contributed by atoms with Gasteiger partial charge in [0.25, 0.3) is 5.91 Å². The van der Waals surface area contributed by atoms with E-state index in [2.05, 4.69) is 20.2 Å². The highest BCUT2D eigenvalue weighted by Crippen LogP contribution is 2.33. The Morgan fingerprint density at radius 1 is 1.22 bits per heavy atom. The van der Waals surface area contributed by atoms with Gasteiger partial charge in [0.2, 0.25) is 5.71 Å². The van der Waals surface area contributed by atoms with Crippen molar-refractivity contribution >= 4 is 28.5 Å². The van der Waals surface area contributed by atoms with Crippen LogP contribution in [0.15, 0.2) is 35.0 Å². The van der Waals surface area contributed by atoms with Crippen LogP contribution in [0.5, 0.6) is 5.75 Å². The predicted molar refractivity (Wildman–Crippen MR) is 101 cm³/mol. The molecule has 1 aliphatic heterocycles. The van der Waals surface area contributed by atoms with E-state index in [4.69, 9.17) is 13.9 Å². The molecule has 140 valence electrons. The van der Waals surface area contributed by atoms with Crippen molar-refractivity contribution in [2.45, 2.75) is 6.92 Å².